The average Bonchev–Trinajstić information content (AvgIpc) is 3.38. The number of ether oxygens (including phenoxy) is 1. The molecule has 2 N–H and O–H groups in total. The van der Waals surface area contributed by atoms with Gasteiger partial charge >= 0.3 is 6.09 Å². The van der Waals surface area contributed by atoms with Crippen LogP contribution in [0.15, 0.2) is 24.3 Å². The summed E-state index contributed by atoms with van der Waals surface area (Å²) in [6.45, 7) is 14.6. The van der Waals surface area contributed by atoms with Crippen LogP contribution in [0.25, 0.3) is 20.8 Å². The molecule has 3 heterocycles. The number of para-hydroxylation sites is 1. The summed E-state index contributed by atoms with van der Waals surface area (Å²) in [6, 6.07) is 8.24. The van der Waals surface area contributed by atoms with Gasteiger partial charge in [0.05, 0.1) is 16.3 Å². The monoisotopic (exact) mass is 542 g/mol. The molecule has 1 aliphatic heterocycles. The molecule has 0 aliphatic carbocycles. The normalized spacial score (nSPS) is 18.5. The highest BCUT2D eigenvalue weighted by molar-refractivity contribution is 7.23. The summed E-state index contributed by atoms with van der Waals surface area (Å²) < 4.78 is 6.85. The van der Waals surface area contributed by atoms with Gasteiger partial charge in [0, 0.05) is 35.5 Å². The Labute approximate surface area is 227 Å². The first-order chi connectivity index (χ1) is 17.5. The van der Waals surface area contributed by atoms with E-state index in [4.69, 9.17) is 9.72 Å². The Morgan fingerprint density at radius 1 is 1.22 bits per heavy atom. The van der Waals surface area contributed by atoms with E-state index in [1.807, 2.05) is 50.8 Å². The van der Waals surface area contributed by atoms with Crippen LogP contribution in [-0.2, 0) is 16.0 Å². The van der Waals surface area contributed by atoms with Gasteiger partial charge in [0.25, 0.3) is 0 Å². The van der Waals surface area contributed by atoms with E-state index < -0.39 is 5.60 Å². The summed E-state index contributed by atoms with van der Waals surface area (Å²) in [5, 5.41) is 8.29. The van der Waals surface area contributed by atoms with Crippen LogP contribution in [-0.4, -0.2) is 46.1 Å². The minimum Gasteiger partial charge on any atom is -0.444 e. The first-order valence-corrected chi connectivity index (χ1v) is 14.7. The van der Waals surface area contributed by atoms with E-state index in [2.05, 4.69) is 37.5 Å². The topological polar surface area (TPSA) is 83.6 Å². The molecule has 7 nitrogen and oxygen atoms in total. The SMILES string of the molecule is CCC(C)NCCC(=O)Nc1sc2c(c1-c1nc3ccccc3s1)CC(C)N(C(=O)OC(C)(C)C)C2C. The Bertz CT molecular complexity index is 1240. The maximum atomic E-state index is 13.1. The Hall–Kier alpha value is -2.49. The number of benzene rings is 1. The Balaban J connectivity index is 1.70. The molecule has 0 radical (unpaired) electrons. The van der Waals surface area contributed by atoms with Gasteiger partial charge in [-0.1, -0.05) is 19.1 Å². The highest BCUT2D eigenvalue weighted by atomic mass is 32.1. The smallest absolute Gasteiger partial charge is 0.411 e. The fourth-order valence-corrected chi connectivity index (χ4v) is 7.04. The quantitative estimate of drug-likeness (QED) is 0.336. The Morgan fingerprint density at radius 2 is 1.95 bits per heavy atom. The van der Waals surface area contributed by atoms with Crippen LogP contribution in [0.5, 0.6) is 0 Å². The summed E-state index contributed by atoms with van der Waals surface area (Å²) in [7, 11) is 0. The Kier molecular flexibility index (Phi) is 8.26. The van der Waals surface area contributed by atoms with E-state index in [9.17, 15) is 9.59 Å². The standard InChI is InChI=1S/C28H38N4O3S2/c1-8-16(2)29-14-13-22(33)31-26-23(25-30-20-11-9-10-12-21(20)36-25)19-15-17(3)32(18(4)24(19)37-26)27(34)35-28(5,6)7/h9-12,16-18,29H,8,13-15H2,1-7H3,(H,31,33). The van der Waals surface area contributed by atoms with Crippen LogP contribution < -0.4 is 10.6 Å². The number of amides is 2. The lowest BCUT2D eigenvalue weighted by Crippen LogP contribution is -2.46. The second-order valence-corrected chi connectivity index (χ2v) is 12.9. The molecule has 3 aromatic rings. The number of rotatable bonds is 7. The van der Waals surface area contributed by atoms with Crippen molar-refractivity contribution in [2.75, 3.05) is 11.9 Å². The van der Waals surface area contributed by atoms with Crippen LogP contribution in [0.3, 0.4) is 0 Å². The number of hydrogen-bond donors (Lipinski definition) is 2. The number of nitrogens with one attached hydrogen (secondary N) is 2. The van der Waals surface area contributed by atoms with E-state index >= 15 is 0 Å². The fourth-order valence-electron chi connectivity index (χ4n) is 4.64. The van der Waals surface area contributed by atoms with Gasteiger partial charge < -0.3 is 15.4 Å². The lowest BCUT2D eigenvalue weighted by molar-refractivity contribution is -0.116. The summed E-state index contributed by atoms with van der Waals surface area (Å²) in [6.07, 6.45) is 1.77. The van der Waals surface area contributed by atoms with Crippen LogP contribution in [0.1, 0.15) is 77.8 Å². The van der Waals surface area contributed by atoms with Crippen molar-refractivity contribution in [1.29, 1.82) is 0 Å². The van der Waals surface area contributed by atoms with Crippen molar-refractivity contribution >= 4 is 49.9 Å². The lowest BCUT2D eigenvalue weighted by Gasteiger charge is -2.39. The van der Waals surface area contributed by atoms with E-state index in [0.717, 1.165) is 42.7 Å². The van der Waals surface area contributed by atoms with E-state index in [1.165, 1.54) is 0 Å². The molecule has 2 amide bonds. The van der Waals surface area contributed by atoms with Gasteiger partial charge in [0.1, 0.15) is 15.6 Å². The van der Waals surface area contributed by atoms with Crippen molar-refractivity contribution in [3.05, 3.63) is 34.7 Å². The summed E-state index contributed by atoms with van der Waals surface area (Å²) >= 11 is 3.19. The van der Waals surface area contributed by atoms with Crippen molar-refractivity contribution in [3.8, 4) is 10.6 Å². The van der Waals surface area contributed by atoms with E-state index in [1.54, 1.807) is 22.7 Å². The maximum Gasteiger partial charge on any atom is 0.411 e. The summed E-state index contributed by atoms with van der Waals surface area (Å²) in [5.74, 6) is -0.0264. The first-order valence-electron chi connectivity index (χ1n) is 13.0. The molecule has 1 aromatic carbocycles. The summed E-state index contributed by atoms with van der Waals surface area (Å²) in [5.41, 5.74) is 2.54. The number of hydrogen-bond acceptors (Lipinski definition) is 7. The predicted molar refractivity (Wildman–Crippen MR) is 154 cm³/mol. The van der Waals surface area contributed by atoms with Crippen LogP contribution in [0, 0.1) is 0 Å². The number of carbonyl (C=O) groups excluding carboxylic acids is 2. The second-order valence-electron chi connectivity index (χ2n) is 10.8. The van der Waals surface area contributed by atoms with E-state index in [0.29, 0.717) is 25.4 Å². The van der Waals surface area contributed by atoms with E-state index in [-0.39, 0.29) is 24.1 Å². The lowest BCUT2D eigenvalue weighted by atomic mass is 9.93. The second kappa shape index (κ2) is 11.1. The highest BCUT2D eigenvalue weighted by Crippen LogP contribution is 2.50. The van der Waals surface area contributed by atoms with Gasteiger partial charge in [-0.3, -0.25) is 9.69 Å². The number of thiophene rings is 1. The van der Waals surface area contributed by atoms with Gasteiger partial charge in [-0.2, -0.15) is 0 Å². The number of thiazole rings is 1. The average molecular weight is 543 g/mol. The van der Waals surface area contributed by atoms with Crippen molar-refractivity contribution < 1.29 is 14.3 Å². The Morgan fingerprint density at radius 3 is 2.62 bits per heavy atom. The zero-order valence-corrected chi connectivity index (χ0v) is 24.4. The van der Waals surface area contributed by atoms with Gasteiger partial charge in [-0.15, -0.1) is 22.7 Å². The fraction of sp³-hybridized carbons (Fsp3) is 0.536. The van der Waals surface area contributed by atoms with Crippen LogP contribution in [0.4, 0.5) is 9.80 Å². The molecule has 3 unspecified atom stereocenters. The molecule has 4 rings (SSSR count). The molecule has 1 aliphatic rings. The number of nitrogens with zero attached hydrogens (tertiary/aromatic N) is 2. The minimum absolute atomic E-state index is 0.0264. The molecular formula is C28H38N4O3S2. The molecule has 37 heavy (non-hydrogen) atoms. The molecule has 9 heteroatoms. The third kappa shape index (κ3) is 6.16. The summed E-state index contributed by atoms with van der Waals surface area (Å²) in [4.78, 5) is 33.9. The molecule has 0 saturated carbocycles. The largest absolute Gasteiger partial charge is 0.444 e. The van der Waals surface area contributed by atoms with Crippen molar-refractivity contribution in [2.24, 2.45) is 0 Å². The molecule has 2 aromatic heterocycles. The molecule has 0 fully saturated rings. The number of anilines is 1. The number of fused-ring (bicyclic) bond motifs is 2. The number of aromatic nitrogens is 1. The van der Waals surface area contributed by atoms with Crippen LogP contribution in [0.2, 0.25) is 0 Å². The first kappa shape index (κ1) is 27.5. The third-order valence-electron chi connectivity index (χ3n) is 6.63. The molecule has 3 atom stereocenters. The number of carbonyl (C=O) groups is 2. The van der Waals surface area contributed by atoms with Gasteiger partial charge in [0.2, 0.25) is 5.91 Å². The van der Waals surface area contributed by atoms with Gasteiger partial charge in [0.15, 0.2) is 0 Å². The van der Waals surface area contributed by atoms with Crippen molar-refractivity contribution in [1.82, 2.24) is 15.2 Å². The molecule has 0 bridgehead atoms. The minimum atomic E-state index is -0.569. The third-order valence-corrected chi connectivity index (χ3v) is 9.00. The van der Waals surface area contributed by atoms with Crippen LogP contribution >= 0.6 is 22.7 Å². The highest BCUT2D eigenvalue weighted by Gasteiger charge is 2.39. The molecule has 0 spiro atoms. The zero-order chi connectivity index (χ0) is 26.9. The predicted octanol–water partition coefficient (Wildman–Crippen LogP) is 6.98. The maximum absolute atomic E-state index is 13.1. The van der Waals surface area contributed by atoms with Gasteiger partial charge in [-0.05, 0) is 72.1 Å². The molecule has 0 saturated heterocycles. The van der Waals surface area contributed by atoms with Crippen molar-refractivity contribution in [3.63, 3.8) is 0 Å². The van der Waals surface area contributed by atoms with Crippen molar-refractivity contribution in [2.45, 2.75) is 91.5 Å². The molecular weight excluding hydrogens is 504 g/mol. The molecule has 200 valence electrons. The van der Waals surface area contributed by atoms with Gasteiger partial charge in [-0.25, -0.2) is 9.78 Å². The zero-order valence-electron chi connectivity index (χ0n) is 22.8.